The van der Waals surface area contributed by atoms with Crippen LogP contribution in [0.2, 0.25) is 0 Å². The molecule has 0 spiro atoms. The molecule has 0 radical (unpaired) electrons. The number of carbonyl (C=O) groups excluding carboxylic acids is 2. The van der Waals surface area contributed by atoms with Gasteiger partial charge in [0.15, 0.2) is 4.34 Å². The van der Waals surface area contributed by atoms with Crippen molar-refractivity contribution in [2.24, 2.45) is 0 Å². The van der Waals surface area contributed by atoms with Crippen LogP contribution in [0.1, 0.15) is 59.2 Å². The summed E-state index contributed by atoms with van der Waals surface area (Å²) in [5.74, 6) is -0.933. The van der Waals surface area contributed by atoms with E-state index in [0.29, 0.717) is 22.6 Å². The first-order valence-electron chi connectivity index (χ1n) is 11.0. The predicted molar refractivity (Wildman–Crippen MR) is 131 cm³/mol. The van der Waals surface area contributed by atoms with Crippen molar-refractivity contribution in [3.8, 4) is 0 Å². The lowest BCUT2D eigenvalue weighted by molar-refractivity contribution is -0.136. The van der Waals surface area contributed by atoms with Gasteiger partial charge in [-0.15, -0.1) is 11.3 Å². The normalized spacial score (nSPS) is 14.2. The minimum Gasteiger partial charge on any atom is -0.481 e. The van der Waals surface area contributed by atoms with Gasteiger partial charge >= 0.3 is 5.97 Å². The summed E-state index contributed by atoms with van der Waals surface area (Å²) < 4.78 is 1.69. The number of fused-ring (bicyclic) bond motifs is 1. The van der Waals surface area contributed by atoms with E-state index in [-0.39, 0.29) is 24.3 Å². The van der Waals surface area contributed by atoms with Gasteiger partial charge in [-0.05, 0) is 43.2 Å². The standard InChI is InChI=1S/C24H25N3O4S2/c28-21(29)12-13-32-24-27-19-11-10-16(14-20(19)33-24)26-23(31)18-9-5-4-8-17(18)22(30)25-15-6-2-1-3-7-15/h4-5,8-11,14-15H,1-3,6-7,12-13H2,(H,25,30)(H,26,31)(H,28,29). The molecule has 0 atom stereocenters. The molecule has 172 valence electrons. The number of rotatable bonds is 8. The zero-order chi connectivity index (χ0) is 23.2. The van der Waals surface area contributed by atoms with Crippen LogP contribution in [0, 0.1) is 0 Å². The van der Waals surface area contributed by atoms with E-state index in [1.54, 1.807) is 30.3 Å². The highest BCUT2D eigenvalue weighted by Crippen LogP contribution is 2.31. The molecule has 1 aliphatic rings. The number of amides is 2. The summed E-state index contributed by atoms with van der Waals surface area (Å²) in [5.41, 5.74) is 2.11. The van der Waals surface area contributed by atoms with E-state index >= 15 is 0 Å². The summed E-state index contributed by atoms with van der Waals surface area (Å²) in [6.07, 6.45) is 5.48. The van der Waals surface area contributed by atoms with Gasteiger partial charge in [-0.1, -0.05) is 43.2 Å². The third kappa shape index (κ3) is 6.11. The van der Waals surface area contributed by atoms with Crippen molar-refractivity contribution in [2.45, 2.75) is 48.9 Å². The van der Waals surface area contributed by atoms with Crippen molar-refractivity contribution < 1.29 is 19.5 Å². The number of hydrogen-bond acceptors (Lipinski definition) is 6. The Labute approximate surface area is 200 Å². The van der Waals surface area contributed by atoms with Crippen LogP contribution in [-0.2, 0) is 4.79 Å². The molecule has 2 aromatic carbocycles. The third-order valence-corrected chi connectivity index (χ3v) is 7.69. The fourth-order valence-electron chi connectivity index (χ4n) is 3.86. The highest BCUT2D eigenvalue weighted by atomic mass is 32.2. The minimum absolute atomic E-state index is 0.0790. The van der Waals surface area contributed by atoms with E-state index in [4.69, 9.17) is 5.11 Å². The van der Waals surface area contributed by atoms with Gasteiger partial charge in [0.2, 0.25) is 0 Å². The molecular formula is C24H25N3O4S2. The summed E-state index contributed by atoms with van der Waals surface area (Å²) in [7, 11) is 0. The van der Waals surface area contributed by atoms with Gasteiger partial charge in [0.05, 0.1) is 27.8 Å². The fraction of sp³-hybridized carbons (Fsp3) is 0.333. The maximum Gasteiger partial charge on any atom is 0.304 e. The number of thioether (sulfide) groups is 1. The van der Waals surface area contributed by atoms with Gasteiger partial charge in [-0.25, -0.2) is 4.98 Å². The second kappa shape index (κ2) is 10.8. The molecule has 1 aliphatic carbocycles. The van der Waals surface area contributed by atoms with Crippen molar-refractivity contribution in [1.29, 1.82) is 0 Å². The van der Waals surface area contributed by atoms with Gasteiger partial charge < -0.3 is 15.7 Å². The summed E-state index contributed by atoms with van der Waals surface area (Å²) >= 11 is 2.86. The number of thiazole rings is 1. The Bertz CT molecular complexity index is 1170. The molecule has 9 heteroatoms. The number of nitrogens with zero attached hydrogens (tertiary/aromatic N) is 1. The Balaban J connectivity index is 1.45. The SMILES string of the molecule is O=C(O)CCSc1nc2ccc(NC(=O)c3ccccc3C(=O)NC3CCCCC3)cc2s1. The van der Waals surface area contributed by atoms with Crippen LogP contribution in [0.15, 0.2) is 46.8 Å². The largest absolute Gasteiger partial charge is 0.481 e. The molecule has 1 saturated carbocycles. The Morgan fingerprint density at radius 2 is 1.76 bits per heavy atom. The lowest BCUT2D eigenvalue weighted by Gasteiger charge is -2.23. The first kappa shape index (κ1) is 23.3. The van der Waals surface area contributed by atoms with Crippen LogP contribution in [0.25, 0.3) is 10.2 Å². The molecule has 2 amide bonds. The number of carboxylic acids is 1. The Morgan fingerprint density at radius 1 is 1.03 bits per heavy atom. The van der Waals surface area contributed by atoms with E-state index in [0.717, 1.165) is 40.2 Å². The van der Waals surface area contributed by atoms with Crippen molar-refractivity contribution in [2.75, 3.05) is 11.1 Å². The molecule has 7 nitrogen and oxygen atoms in total. The van der Waals surface area contributed by atoms with Crippen LogP contribution in [-0.4, -0.2) is 39.7 Å². The van der Waals surface area contributed by atoms with E-state index in [2.05, 4.69) is 15.6 Å². The number of anilines is 1. The van der Waals surface area contributed by atoms with Crippen molar-refractivity contribution in [3.05, 3.63) is 53.6 Å². The summed E-state index contributed by atoms with van der Waals surface area (Å²) in [5, 5.41) is 14.8. The topological polar surface area (TPSA) is 108 Å². The number of aromatic nitrogens is 1. The number of carbonyl (C=O) groups is 3. The maximum absolute atomic E-state index is 13.0. The van der Waals surface area contributed by atoms with E-state index in [1.807, 2.05) is 12.1 Å². The molecule has 3 N–H and O–H groups in total. The van der Waals surface area contributed by atoms with Crippen molar-refractivity contribution >= 4 is 56.8 Å². The van der Waals surface area contributed by atoms with Crippen LogP contribution in [0.4, 0.5) is 5.69 Å². The monoisotopic (exact) mass is 483 g/mol. The molecule has 1 aromatic heterocycles. The highest BCUT2D eigenvalue weighted by Gasteiger charge is 2.21. The minimum atomic E-state index is -0.832. The maximum atomic E-state index is 13.0. The number of benzene rings is 2. The Hall–Kier alpha value is -2.91. The molecule has 1 fully saturated rings. The lowest BCUT2D eigenvalue weighted by atomic mass is 9.95. The quantitative estimate of drug-likeness (QED) is 0.381. The molecule has 4 rings (SSSR count). The average Bonchev–Trinajstić information content (AvgIpc) is 3.21. The van der Waals surface area contributed by atoms with Crippen LogP contribution in [0.5, 0.6) is 0 Å². The molecule has 0 aliphatic heterocycles. The molecule has 1 heterocycles. The van der Waals surface area contributed by atoms with Crippen LogP contribution < -0.4 is 10.6 Å². The average molecular weight is 484 g/mol. The number of nitrogens with one attached hydrogen (secondary N) is 2. The fourth-order valence-corrected chi connectivity index (χ4v) is 5.96. The Morgan fingerprint density at radius 3 is 2.48 bits per heavy atom. The molecular weight excluding hydrogens is 458 g/mol. The zero-order valence-electron chi connectivity index (χ0n) is 18.0. The smallest absolute Gasteiger partial charge is 0.304 e. The van der Waals surface area contributed by atoms with Gasteiger partial charge in [0.1, 0.15) is 0 Å². The van der Waals surface area contributed by atoms with E-state index in [1.165, 1.54) is 29.5 Å². The third-order valence-electron chi connectivity index (χ3n) is 5.52. The zero-order valence-corrected chi connectivity index (χ0v) is 19.6. The summed E-state index contributed by atoms with van der Waals surface area (Å²) in [6, 6.07) is 12.5. The lowest BCUT2D eigenvalue weighted by Crippen LogP contribution is -2.37. The molecule has 3 aromatic rings. The second-order valence-corrected chi connectivity index (χ2v) is 10.3. The first-order valence-corrected chi connectivity index (χ1v) is 12.8. The van der Waals surface area contributed by atoms with Gasteiger partial charge in [-0.2, -0.15) is 0 Å². The summed E-state index contributed by atoms with van der Waals surface area (Å²) in [4.78, 5) is 41.1. The molecule has 33 heavy (non-hydrogen) atoms. The van der Waals surface area contributed by atoms with Gasteiger partial charge in [0, 0.05) is 17.5 Å². The Kier molecular flexibility index (Phi) is 7.61. The van der Waals surface area contributed by atoms with Crippen molar-refractivity contribution in [3.63, 3.8) is 0 Å². The highest BCUT2D eigenvalue weighted by molar-refractivity contribution is 8.01. The molecule has 0 bridgehead atoms. The predicted octanol–water partition coefficient (Wildman–Crippen LogP) is 5.18. The van der Waals surface area contributed by atoms with Gasteiger partial charge in [-0.3, -0.25) is 14.4 Å². The number of carboxylic acid groups (broad SMARTS) is 1. The van der Waals surface area contributed by atoms with Crippen LogP contribution in [0.3, 0.4) is 0 Å². The number of hydrogen-bond donors (Lipinski definition) is 3. The van der Waals surface area contributed by atoms with Crippen LogP contribution >= 0.6 is 23.1 Å². The van der Waals surface area contributed by atoms with Crippen molar-refractivity contribution in [1.82, 2.24) is 10.3 Å². The second-order valence-electron chi connectivity index (χ2n) is 7.96. The molecule has 0 unspecified atom stereocenters. The first-order chi connectivity index (χ1) is 16.0. The summed E-state index contributed by atoms with van der Waals surface area (Å²) in [6.45, 7) is 0. The van der Waals surface area contributed by atoms with Gasteiger partial charge in [0.25, 0.3) is 11.8 Å². The number of aliphatic carboxylic acids is 1. The molecule has 0 saturated heterocycles. The van der Waals surface area contributed by atoms with E-state index < -0.39 is 5.97 Å². The van der Waals surface area contributed by atoms with E-state index in [9.17, 15) is 14.4 Å².